The Bertz CT molecular complexity index is 1250. The molecule has 0 aromatic rings. The first-order valence-electron chi connectivity index (χ1n) is 26.7. The molecule has 0 aliphatic carbocycles. The van der Waals surface area contributed by atoms with Crippen LogP contribution in [0.25, 0.3) is 0 Å². The molecular weight excluding hydrogens is 793 g/mol. The van der Waals surface area contributed by atoms with Gasteiger partial charge in [-0.2, -0.15) is 0 Å². The summed E-state index contributed by atoms with van der Waals surface area (Å²) in [6, 6.07) is 0. The quantitative estimate of drug-likeness (QED) is 0.0199. The summed E-state index contributed by atoms with van der Waals surface area (Å²) in [5.41, 5.74) is 0. The van der Waals surface area contributed by atoms with E-state index in [2.05, 4.69) is 106 Å². The molecule has 0 saturated heterocycles. The van der Waals surface area contributed by atoms with Crippen molar-refractivity contribution in [3.8, 4) is 0 Å². The van der Waals surface area contributed by atoms with Crippen LogP contribution in [0.1, 0.15) is 245 Å². The van der Waals surface area contributed by atoms with E-state index in [1.165, 1.54) is 89.9 Å². The second kappa shape index (κ2) is 52.2. The standard InChI is InChI=1S/C58H98O6/c1-4-7-10-13-16-19-22-25-27-28-29-31-33-36-39-42-45-48-51-57(60)63-54-55(53-62-56(59)50-47-44-41-38-35-32-24-21-18-15-12-9-6-3)64-58(61)52-49-46-43-40-37-34-30-26-23-20-17-14-11-8-5-2/h8,11,14,17,20,22-23,25,27-29,31-32,35,55H,4-7,9-10,12-13,15-16,18-19,21,24,26,30,33-34,36-54H2,1-3H3/b11-8-,17-14-,23-20-,25-22-,28-27-,31-29-,35-32-. The third kappa shape index (κ3) is 49.6. The third-order valence-corrected chi connectivity index (χ3v) is 11.2. The van der Waals surface area contributed by atoms with Crippen LogP contribution in [0.2, 0.25) is 0 Å². The highest BCUT2D eigenvalue weighted by atomic mass is 16.6. The largest absolute Gasteiger partial charge is 0.462 e. The van der Waals surface area contributed by atoms with E-state index in [1.807, 2.05) is 0 Å². The molecule has 0 rings (SSSR count). The maximum Gasteiger partial charge on any atom is 0.306 e. The van der Waals surface area contributed by atoms with Gasteiger partial charge in [-0.25, -0.2) is 0 Å². The van der Waals surface area contributed by atoms with Crippen molar-refractivity contribution in [2.24, 2.45) is 0 Å². The molecule has 366 valence electrons. The molecule has 0 saturated carbocycles. The van der Waals surface area contributed by atoms with Crippen molar-refractivity contribution in [2.75, 3.05) is 13.2 Å². The van der Waals surface area contributed by atoms with Crippen LogP contribution in [-0.4, -0.2) is 37.2 Å². The number of carbonyl (C=O) groups is 3. The van der Waals surface area contributed by atoms with Crippen LogP contribution in [0.4, 0.5) is 0 Å². The Morgan fingerprint density at radius 1 is 0.328 bits per heavy atom. The van der Waals surface area contributed by atoms with Gasteiger partial charge in [-0.05, 0) is 89.9 Å². The molecule has 64 heavy (non-hydrogen) atoms. The Morgan fingerprint density at radius 2 is 0.625 bits per heavy atom. The molecule has 0 N–H and O–H groups in total. The lowest BCUT2D eigenvalue weighted by Crippen LogP contribution is -2.30. The Labute approximate surface area is 395 Å². The lowest BCUT2D eigenvalue weighted by molar-refractivity contribution is -0.167. The first kappa shape index (κ1) is 60.6. The van der Waals surface area contributed by atoms with Crippen molar-refractivity contribution in [3.05, 3.63) is 85.1 Å². The number of hydrogen-bond acceptors (Lipinski definition) is 6. The Hall–Kier alpha value is -3.41. The molecule has 6 nitrogen and oxygen atoms in total. The summed E-state index contributed by atoms with van der Waals surface area (Å²) in [4.78, 5) is 38.0. The van der Waals surface area contributed by atoms with E-state index < -0.39 is 6.10 Å². The van der Waals surface area contributed by atoms with Gasteiger partial charge in [-0.1, -0.05) is 221 Å². The molecule has 1 unspecified atom stereocenters. The highest BCUT2D eigenvalue weighted by Gasteiger charge is 2.19. The first-order valence-corrected chi connectivity index (χ1v) is 26.7. The van der Waals surface area contributed by atoms with E-state index >= 15 is 0 Å². The third-order valence-electron chi connectivity index (χ3n) is 11.2. The van der Waals surface area contributed by atoms with Gasteiger partial charge in [0.1, 0.15) is 13.2 Å². The van der Waals surface area contributed by atoms with Crippen molar-refractivity contribution in [2.45, 2.75) is 252 Å². The molecular formula is C58H98O6. The summed E-state index contributed by atoms with van der Waals surface area (Å²) >= 11 is 0. The van der Waals surface area contributed by atoms with E-state index in [1.54, 1.807) is 0 Å². The Balaban J connectivity index is 4.46. The van der Waals surface area contributed by atoms with Crippen molar-refractivity contribution in [1.29, 1.82) is 0 Å². The van der Waals surface area contributed by atoms with Gasteiger partial charge in [-0.3, -0.25) is 14.4 Å². The number of hydrogen-bond donors (Lipinski definition) is 0. The number of unbranched alkanes of at least 4 members (excludes halogenated alkanes) is 26. The van der Waals surface area contributed by atoms with E-state index in [9.17, 15) is 14.4 Å². The van der Waals surface area contributed by atoms with Crippen LogP contribution in [0.5, 0.6) is 0 Å². The molecule has 0 amide bonds. The molecule has 0 aromatic heterocycles. The summed E-state index contributed by atoms with van der Waals surface area (Å²) in [6.45, 7) is 6.44. The maximum atomic E-state index is 12.8. The molecule has 0 fully saturated rings. The van der Waals surface area contributed by atoms with E-state index in [4.69, 9.17) is 14.2 Å². The average molecular weight is 891 g/mol. The van der Waals surface area contributed by atoms with Crippen LogP contribution < -0.4 is 0 Å². The van der Waals surface area contributed by atoms with Crippen LogP contribution in [0.15, 0.2) is 85.1 Å². The molecule has 0 aliphatic heterocycles. The highest BCUT2D eigenvalue weighted by Crippen LogP contribution is 2.14. The fourth-order valence-electron chi connectivity index (χ4n) is 7.20. The monoisotopic (exact) mass is 891 g/mol. The number of ether oxygens (including phenoxy) is 3. The van der Waals surface area contributed by atoms with Crippen molar-refractivity contribution in [1.82, 2.24) is 0 Å². The van der Waals surface area contributed by atoms with Crippen LogP contribution >= 0.6 is 0 Å². The van der Waals surface area contributed by atoms with Crippen LogP contribution in [0, 0.1) is 0 Å². The molecule has 0 heterocycles. The van der Waals surface area contributed by atoms with Crippen molar-refractivity contribution < 1.29 is 28.6 Å². The predicted molar refractivity (Wildman–Crippen MR) is 274 cm³/mol. The van der Waals surface area contributed by atoms with Gasteiger partial charge < -0.3 is 14.2 Å². The van der Waals surface area contributed by atoms with Crippen molar-refractivity contribution in [3.63, 3.8) is 0 Å². The number of carbonyl (C=O) groups excluding carboxylic acids is 3. The second-order valence-corrected chi connectivity index (χ2v) is 17.5. The summed E-state index contributed by atoms with van der Waals surface area (Å²) in [5.74, 6) is -0.943. The molecule has 0 bridgehead atoms. The van der Waals surface area contributed by atoms with Crippen LogP contribution in [-0.2, 0) is 28.6 Å². The second-order valence-electron chi connectivity index (χ2n) is 17.5. The van der Waals surface area contributed by atoms with Gasteiger partial charge >= 0.3 is 17.9 Å². The highest BCUT2D eigenvalue weighted by molar-refractivity contribution is 5.71. The molecule has 6 heteroatoms. The van der Waals surface area contributed by atoms with E-state index in [-0.39, 0.29) is 31.1 Å². The normalized spacial score (nSPS) is 12.7. The summed E-state index contributed by atoms with van der Waals surface area (Å²) in [7, 11) is 0. The molecule has 0 aromatic carbocycles. The van der Waals surface area contributed by atoms with E-state index in [0.29, 0.717) is 19.3 Å². The molecule has 0 aliphatic rings. The van der Waals surface area contributed by atoms with E-state index in [0.717, 1.165) is 116 Å². The summed E-state index contributed by atoms with van der Waals surface area (Å²) < 4.78 is 16.8. The topological polar surface area (TPSA) is 78.9 Å². The zero-order chi connectivity index (χ0) is 46.5. The Morgan fingerprint density at radius 3 is 1.00 bits per heavy atom. The molecule has 0 spiro atoms. The summed E-state index contributed by atoms with van der Waals surface area (Å²) in [6.07, 6.45) is 67.0. The Kier molecular flexibility index (Phi) is 49.4. The zero-order valence-electron chi connectivity index (χ0n) is 41.8. The minimum atomic E-state index is -0.797. The summed E-state index contributed by atoms with van der Waals surface area (Å²) in [5, 5.41) is 0. The fraction of sp³-hybridized carbons (Fsp3) is 0.707. The van der Waals surface area contributed by atoms with Gasteiger partial charge in [-0.15, -0.1) is 0 Å². The maximum absolute atomic E-state index is 12.8. The fourth-order valence-corrected chi connectivity index (χ4v) is 7.20. The number of allylic oxidation sites excluding steroid dienone is 14. The van der Waals surface area contributed by atoms with Gasteiger partial charge in [0.2, 0.25) is 0 Å². The van der Waals surface area contributed by atoms with Gasteiger partial charge in [0, 0.05) is 19.3 Å². The number of rotatable bonds is 47. The molecule has 1 atom stereocenters. The molecule has 0 radical (unpaired) electrons. The van der Waals surface area contributed by atoms with Gasteiger partial charge in [0.05, 0.1) is 0 Å². The minimum absolute atomic E-state index is 0.0967. The predicted octanol–water partition coefficient (Wildman–Crippen LogP) is 17.6. The lowest BCUT2D eigenvalue weighted by Gasteiger charge is -2.18. The van der Waals surface area contributed by atoms with Crippen molar-refractivity contribution >= 4 is 17.9 Å². The van der Waals surface area contributed by atoms with Gasteiger partial charge in [0.25, 0.3) is 0 Å². The van der Waals surface area contributed by atoms with Gasteiger partial charge in [0.15, 0.2) is 6.10 Å². The average Bonchev–Trinajstić information content (AvgIpc) is 3.29. The SMILES string of the molecule is CC\C=C/C=C\C=C/CCCCCCCCCC(=O)OC(COC(=O)CCCCC/C=C\CCCCCCCC)COC(=O)CCCCCCC\C=C/C=C\C=C/CCCCCCC. The lowest BCUT2D eigenvalue weighted by atomic mass is 10.1. The first-order chi connectivity index (χ1) is 31.5. The number of esters is 3. The van der Waals surface area contributed by atoms with Crippen LogP contribution in [0.3, 0.4) is 0 Å². The minimum Gasteiger partial charge on any atom is -0.462 e. The smallest absolute Gasteiger partial charge is 0.306 e. The zero-order valence-corrected chi connectivity index (χ0v) is 41.8.